The van der Waals surface area contributed by atoms with E-state index < -0.39 is 0 Å². The van der Waals surface area contributed by atoms with Crippen LogP contribution >= 0.6 is 0 Å². The van der Waals surface area contributed by atoms with Gasteiger partial charge in [-0.05, 0) is 0 Å². The van der Waals surface area contributed by atoms with Crippen LogP contribution in [0.2, 0.25) is 0 Å². The molecular weight excluding hydrogens is 226 g/mol. The molecule has 6 heteroatoms. The quantitative estimate of drug-likeness (QED) is 0.316. The molecule has 1 atom stereocenters. The number of rotatable bonds is 3. The SMILES string of the molecule is C=C(CC1CO1)C(=O)OC.O=C1C=CC(=O)N1. The van der Waals surface area contributed by atoms with Crippen LogP contribution in [0.5, 0.6) is 0 Å². The molecule has 0 aromatic rings. The molecule has 0 aromatic heterocycles. The summed E-state index contributed by atoms with van der Waals surface area (Å²) >= 11 is 0. The molecule has 17 heavy (non-hydrogen) atoms. The third kappa shape index (κ3) is 5.07. The molecule has 0 saturated carbocycles. The lowest BCUT2D eigenvalue weighted by Gasteiger charge is -1.98. The van der Waals surface area contributed by atoms with E-state index in [1.165, 1.54) is 19.3 Å². The normalized spacial score (nSPS) is 20.2. The Balaban J connectivity index is 0.000000181. The molecule has 0 aromatic carbocycles. The Morgan fingerprint density at radius 3 is 2.35 bits per heavy atom. The first-order valence-electron chi connectivity index (χ1n) is 4.93. The molecule has 1 fully saturated rings. The molecule has 0 radical (unpaired) electrons. The molecule has 1 unspecified atom stereocenters. The fourth-order valence-electron chi connectivity index (χ4n) is 1.04. The minimum atomic E-state index is -0.337. The number of methoxy groups -OCH3 is 1. The van der Waals surface area contributed by atoms with Crippen molar-refractivity contribution < 1.29 is 23.9 Å². The van der Waals surface area contributed by atoms with Gasteiger partial charge in [-0.2, -0.15) is 0 Å². The lowest BCUT2D eigenvalue weighted by Crippen LogP contribution is -2.19. The van der Waals surface area contributed by atoms with Crippen molar-refractivity contribution >= 4 is 17.8 Å². The zero-order chi connectivity index (χ0) is 12.8. The van der Waals surface area contributed by atoms with E-state index >= 15 is 0 Å². The van der Waals surface area contributed by atoms with Crippen molar-refractivity contribution in [2.24, 2.45) is 0 Å². The molecule has 0 aliphatic carbocycles. The Labute approximate surface area is 98.3 Å². The van der Waals surface area contributed by atoms with Crippen molar-refractivity contribution in [1.82, 2.24) is 5.32 Å². The van der Waals surface area contributed by atoms with E-state index in [2.05, 4.69) is 11.3 Å². The first-order chi connectivity index (χ1) is 8.02. The zero-order valence-electron chi connectivity index (χ0n) is 9.39. The van der Waals surface area contributed by atoms with Gasteiger partial charge in [0.2, 0.25) is 0 Å². The largest absolute Gasteiger partial charge is 0.466 e. The molecule has 2 amide bonds. The molecule has 2 rings (SSSR count). The Morgan fingerprint density at radius 2 is 2.06 bits per heavy atom. The molecule has 2 aliphatic rings. The van der Waals surface area contributed by atoms with Crippen LogP contribution in [0.25, 0.3) is 0 Å². The predicted octanol–water partition coefficient (Wildman–Crippen LogP) is -0.297. The number of imide groups is 1. The highest BCUT2D eigenvalue weighted by Crippen LogP contribution is 2.18. The monoisotopic (exact) mass is 239 g/mol. The Kier molecular flexibility index (Phi) is 4.59. The van der Waals surface area contributed by atoms with Gasteiger partial charge in [0.1, 0.15) is 0 Å². The Morgan fingerprint density at radius 1 is 1.53 bits per heavy atom. The third-order valence-corrected chi connectivity index (χ3v) is 1.98. The van der Waals surface area contributed by atoms with Gasteiger partial charge in [0, 0.05) is 24.1 Å². The fraction of sp³-hybridized carbons (Fsp3) is 0.364. The van der Waals surface area contributed by atoms with Gasteiger partial charge < -0.3 is 9.47 Å². The standard InChI is InChI=1S/C7H10O3.C4H3NO2/c1-5(7(8)9-2)3-6-4-10-6;6-3-1-2-4(7)5-3/h6H,1,3-4H2,2H3;1-2H,(H,5,6,7). The Bertz CT molecular complexity index is 365. The molecule has 1 saturated heterocycles. The summed E-state index contributed by atoms with van der Waals surface area (Å²) in [5.41, 5.74) is 0.491. The number of epoxide rings is 1. The lowest BCUT2D eigenvalue weighted by atomic mass is 10.2. The number of hydrogen-bond acceptors (Lipinski definition) is 5. The van der Waals surface area contributed by atoms with Crippen LogP contribution in [0.15, 0.2) is 24.3 Å². The van der Waals surface area contributed by atoms with Crippen molar-refractivity contribution in [3.8, 4) is 0 Å². The van der Waals surface area contributed by atoms with E-state index in [1.54, 1.807) is 0 Å². The first kappa shape index (κ1) is 13.1. The second-order valence-corrected chi connectivity index (χ2v) is 3.44. The summed E-state index contributed by atoms with van der Waals surface area (Å²) < 4.78 is 9.35. The van der Waals surface area contributed by atoms with Crippen molar-refractivity contribution in [3.05, 3.63) is 24.3 Å². The molecule has 2 heterocycles. The summed E-state index contributed by atoms with van der Waals surface area (Å²) in [6.07, 6.45) is 3.21. The van der Waals surface area contributed by atoms with Crippen LogP contribution in [0, 0.1) is 0 Å². The van der Waals surface area contributed by atoms with Crippen LogP contribution < -0.4 is 5.32 Å². The van der Waals surface area contributed by atoms with Crippen molar-refractivity contribution in [2.75, 3.05) is 13.7 Å². The molecule has 0 bridgehead atoms. The average molecular weight is 239 g/mol. The summed E-state index contributed by atoms with van der Waals surface area (Å²) in [4.78, 5) is 30.8. The van der Waals surface area contributed by atoms with Crippen LogP contribution in [0.3, 0.4) is 0 Å². The molecule has 92 valence electrons. The highest BCUT2D eigenvalue weighted by Gasteiger charge is 2.25. The highest BCUT2D eigenvalue weighted by atomic mass is 16.6. The van der Waals surface area contributed by atoms with E-state index in [4.69, 9.17) is 4.74 Å². The van der Waals surface area contributed by atoms with Gasteiger partial charge in [-0.1, -0.05) is 6.58 Å². The van der Waals surface area contributed by atoms with Crippen LogP contribution in [0.4, 0.5) is 0 Å². The van der Waals surface area contributed by atoms with Gasteiger partial charge in [0.05, 0.1) is 19.8 Å². The molecule has 2 aliphatic heterocycles. The number of nitrogens with one attached hydrogen (secondary N) is 1. The molecule has 6 nitrogen and oxygen atoms in total. The van der Waals surface area contributed by atoms with Crippen LogP contribution in [-0.4, -0.2) is 37.6 Å². The summed E-state index contributed by atoms with van der Waals surface area (Å²) in [6.45, 7) is 4.30. The maximum Gasteiger partial charge on any atom is 0.333 e. The maximum atomic E-state index is 10.7. The second-order valence-electron chi connectivity index (χ2n) is 3.44. The van der Waals surface area contributed by atoms with Crippen molar-refractivity contribution in [3.63, 3.8) is 0 Å². The van der Waals surface area contributed by atoms with Crippen molar-refractivity contribution in [1.29, 1.82) is 0 Å². The minimum absolute atomic E-state index is 0.214. The highest BCUT2D eigenvalue weighted by molar-refractivity contribution is 6.12. The number of ether oxygens (including phenoxy) is 2. The first-order valence-corrected chi connectivity index (χ1v) is 4.93. The number of carbonyl (C=O) groups is 3. The van der Waals surface area contributed by atoms with Gasteiger partial charge in [0.25, 0.3) is 11.8 Å². The Hall–Kier alpha value is -1.95. The van der Waals surface area contributed by atoms with Gasteiger partial charge in [-0.3, -0.25) is 14.9 Å². The van der Waals surface area contributed by atoms with Gasteiger partial charge >= 0.3 is 5.97 Å². The lowest BCUT2D eigenvalue weighted by molar-refractivity contribution is -0.136. The summed E-state index contributed by atoms with van der Waals surface area (Å²) in [6, 6.07) is 0. The van der Waals surface area contributed by atoms with E-state index in [0.29, 0.717) is 12.0 Å². The fourth-order valence-corrected chi connectivity index (χ4v) is 1.04. The number of carbonyl (C=O) groups excluding carboxylic acids is 3. The smallest absolute Gasteiger partial charge is 0.333 e. The number of esters is 1. The summed E-state index contributed by atoms with van der Waals surface area (Å²) in [7, 11) is 1.35. The van der Waals surface area contributed by atoms with Crippen LogP contribution in [0.1, 0.15) is 6.42 Å². The third-order valence-electron chi connectivity index (χ3n) is 1.98. The van der Waals surface area contributed by atoms with E-state index in [0.717, 1.165) is 6.61 Å². The van der Waals surface area contributed by atoms with E-state index in [1.807, 2.05) is 5.32 Å². The summed E-state index contributed by atoms with van der Waals surface area (Å²) in [5.74, 6) is -0.995. The number of amides is 2. The molecule has 0 spiro atoms. The van der Waals surface area contributed by atoms with Crippen molar-refractivity contribution in [2.45, 2.75) is 12.5 Å². The molecular formula is C11H13NO5. The topological polar surface area (TPSA) is 85.0 Å². The summed E-state index contributed by atoms with van der Waals surface area (Å²) in [5, 5.41) is 2.03. The predicted molar refractivity (Wildman–Crippen MR) is 57.8 cm³/mol. The maximum absolute atomic E-state index is 10.7. The van der Waals surface area contributed by atoms with E-state index in [9.17, 15) is 14.4 Å². The van der Waals surface area contributed by atoms with Gasteiger partial charge in [-0.15, -0.1) is 0 Å². The minimum Gasteiger partial charge on any atom is -0.466 e. The number of hydrogen-bond donors (Lipinski definition) is 1. The van der Waals surface area contributed by atoms with Crippen LogP contribution in [-0.2, 0) is 23.9 Å². The van der Waals surface area contributed by atoms with Gasteiger partial charge in [-0.25, -0.2) is 4.79 Å². The second kappa shape index (κ2) is 5.95. The zero-order valence-corrected chi connectivity index (χ0v) is 9.39. The average Bonchev–Trinajstić information content (AvgIpc) is 3.02. The molecule has 1 N–H and O–H groups in total. The van der Waals surface area contributed by atoms with E-state index in [-0.39, 0.29) is 23.9 Å². The van der Waals surface area contributed by atoms with Gasteiger partial charge in [0.15, 0.2) is 0 Å².